The smallest absolute Gasteiger partial charge is 0.321 e. The zero-order valence-electron chi connectivity index (χ0n) is 8.01. The van der Waals surface area contributed by atoms with E-state index >= 15 is 0 Å². The standard InChI is InChI=1S/C7H12N4O3/c1-5-8-6(11(3-12)4-13)10-7(9-5)14-2/h12-13H,3-4H2,1-2H3. The van der Waals surface area contributed by atoms with Gasteiger partial charge in [0.1, 0.15) is 19.3 Å². The molecule has 78 valence electrons. The number of methoxy groups -OCH3 is 1. The first kappa shape index (κ1) is 10.6. The van der Waals surface area contributed by atoms with Crippen LogP contribution in [0.15, 0.2) is 0 Å². The van der Waals surface area contributed by atoms with Gasteiger partial charge in [0.2, 0.25) is 5.95 Å². The summed E-state index contributed by atoms with van der Waals surface area (Å²) in [5.74, 6) is 0.637. The Kier molecular flexibility index (Phi) is 3.55. The fourth-order valence-electron chi connectivity index (χ4n) is 0.848. The van der Waals surface area contributed by atoms with Gasteiger partial charge in [-0.15, -0.1) is 0 Å². The summed E-state index contributed by atoms with van der Waals surface area (Å²) in [6.45, 7) is 0.923. The van der Waals surface area contributed by atoms with Gasteiger partial charge in [-0.25, -0.2) is 0 Å². The van der Waals surface area contributed by atoms with Crippen molar-refractivity contribution in [1.82, 2.24) is 15.0 Å². The maximum absolute atomic E-state index is 8.86. The van der Waals surface area contributed by atoms with Gasteiger partial charge in [0, 0.05) is 0 Å². The topological polar surface area (TPSA) is 91.6 Å². The minimum Gasteiger partial charge on any atom is -0.467 e. The molecule has 0 saturated carbocycles. The second-order valence-electron chi connectivity index (χ2n) is 2.49. The molecule has 1 aromatic rings. The van der Waals surface area contributed by atoms with E-state index in [1.54, 1.807) is 6.92 Å². The van der Waals surface area contributed by atoms with Crippen LogP contribution < -0.4 is 9.64 Å². The highest BCUT2D eigenvalue weighted by atomic mass is 16.5. The number of aromatic nitrogens is 3. The Morgan fingerprint density at radius 3 is 2.36 bits per heavy atom. The lowest BCUT2D eigenvalue weighted by Gasteiger charge is -2.16. The van der Waals surface area contributed by atoms with Crippen LogP contribution in [-0.2, 0) is 0 Å². The molecule has 0 aliphatic rings. The molecule has 1 heterocycles. The van der Waals surface area contributed by atoms with Gasteiger partial charge in [-0.1, -0.05) is 0 Å². The zero-order valence-corrected chi connectivity index (χ0v) is 8.01. The first-order chi connectivity index (χ1) is 6.71. The van der Waals surface area contributed by atoms with Crippen molar-refractivity contribution in [3.63, 3.8) is 0 Å². The molecule has 0 aromatic carbocycles. The van der Waals surface area contributed by atoms with Crippen molar-refractivity contribution < 1.29 is 14.9 Å². The first-order valence-electron chi connectivity index (χ1n) is 3.94. The lowest BCUT2D eigenvalue weighted by Crippen LogP contribution is -2.27. The molecule has 0 amide bonds. The van der Waals surface area contributed by atoms with E-state index < -0.39 is 0 Å². The number of nitrogens with zero attached hydrogens (tertiary/aromatic N) is 4. The number of anilines is 1. The average molecular weight is 200 g/mol. The number of aliphatic hydroxyl groups excluding tert-OH is 2. The molecular formula is C7H12N4O3. The maximum atomic E-state index is 8.86. The minimum absolute atomic E-state index is 0.152. The van der Waals surface area contributed by atoms with Crippen LogP contribution in [0.4, 0.5) is 5.95 Å². The Morgan fingerprint density at radius 1 is 1.21 bits per heavy atom. The lowest BCUT2D eigenvalue weighted by molar-refractivity contribution is 0.219. The van der Waals surface area contributed by atoms with Crippen LogP contribution in [0.1, 0.15) is 5.82 Å². The van der Waals surface area contributed by atoms with E-state index in [-0.39, 0.29) is 25.4 Å². The molecule has 0 saturated heterocycles. The van der Waals surface area contributed by atoms with Crippen molar-refractivity contribution in [2.75, 3.05) is 25.5 Å². The predicted octanol–water partition coefficient (Wildman–Crippen LogP) is -1.11. The molecule has 2 N–H and O–H groups in total. The Bertz CT molecular complexity index is 303. The normalized spacial score (nSPS) is 10.0. The molecule has 14 heavy (non-hydrogen) atoms. The average Bonchev–Trinajstić information content (AvgIpc) is 2.19. The third kappa shape index (κ3) is 2.27. The zero-order chi connectivity index (χ0) is 10.6. The third-order valence-corrected chi connectivity index (χ3v) is 1.52. The Morgan fingerprint density at radius 2 is 1.86 bits per heavy atom. The summed E-state index contributed by atoms with van der Waals surface area (Å²) in [7, 11) is 1.43. The van der Waals surface area contributed by atoms with Crippen molar-refractivity contribution in [1.29, 1.82) is 0 Å². The quantitative estimate of drug-likeness (QED) is 0.595. The summed E-state index contributed by atoms with van der Waals surface area (Å²) in [6, 6.07) is 0.152. The second kappa shape index (κ2) is 4.68. The molecular weight excluding hydrogens is 188 g/mol. The second-order valence-corrected chi connectivity index (χ2v) is 2.49. The highest BCUT2D eigenvalue weighted by molar-refractivity contribution is 5.28. The fraction of sp³-hybridized carbons (Fsp3) is 0.571. The van der Waals surface area contributed by atoms with Gasteiger partial charge < -0.3 is 14.9 Å². The Labute approximate surface area is 81.0 Å². The lowest BCUT2D eigenvalue weighted by atomic mass is 10.6. The summed E-state index contributed by atoms with van der Waals surface area (Å²) >= 11 is 0. The van der Waals surface area contributed by atoms with Gasteiger partial charge >= 0.3 is 6.01 Å². The van der Waals surface area contributed by atoms with Crippen LogP contribution >= 0.6 is 0 Å². The van der Waals surface area contributed by atoms with E-state index in [0.29, 0.717) is 5.82 Å². The van der Waals surface area contributed by atoms with E-state index in [4.69, 9.17) is 14.9 Å². The van der Waals surface area contributed by atoms with Crippen molar-refractivity contribution in [2.45, 2.75) is 6.92 Å². The number of aryl methyl sites for hydroxylation is 1. The maximum Gasteiger partial charge on any atom is 0.321 e. The van der Waals surface area contributed by atoms with Gasteiger partial charge in [0.05, 0.1) is 7.11 Å². The largest absolute Gasteiger partial charge is 0.467 e. The molecule has 7 heteroatoms. The number of ether oxygens (including phenoxy) is 1. The summed E-state index contributed by atoms with van der Waals surface area (Å²) in [5, 5.41) is 17.7. The van der Waals surface area contributed by atoms with Crippen molar-refractivity contribution in [2.24, 2.45) is 0 Å². The molecule has 0 fully saturated rings. The summed E-state index contributed by atoms with van der Waals surface area (Å²) < 4.78 is 4.82. The van der Waals surface area contributed by atoms with E-state index in [0.717, 1.165) is 4.90 Å². The molecule has 7 nitrogen and oxygen atoms in total. The molecule has 0 spiro atoms. The molecule has 0 unspecified atom stereocenters. The van der Waals surface area contributed by atoms with Crippen molar-refractivity contribution >= 4 is 5.95 Å². The van der Waals surface area contributed by atoms with Gasteiger partial charge in [-0.05, 0) is 6.92 Å². The molecule has 0 aliphatic carbocycles. The van der Waals surface area contributed by atoms with Crippen LogP contribution in [0.3, 0.4) is 0 Å². The van der Waals surface area contributed by atoms with Gasteiger partial charge in [0.15, 0.2) is 0 Å². The number of hydrogen-bond donors (Lipinski definition) is 2. The molecule has 0 radical (unpaired) electrons. The minimum atomic E-state index is -0.372. The first-order valence-corrected chi connectivity index (χ1v) is 3.94. The number of aliphatic hydroxyl groups is 2. The van der Waals surface area contributed by atoms with Gasteiger partial charge in [0.25, 0.3) is 0 Å². The van der Waals surface area contributed by atoms with Crippen molar-refractivity contribution in [3.8, 4) is 6.01 Å². The van der Waals surface area contributed by atoms with Crippen LogP contribution in [0.2, 0.25) is 0 Å². The molecule has 0 atom stereocenters. The monoisotopic (exact) mass is 200 g/mol. The SMILES string of the molecule is COc1nc(C)nc(N(CO)CO)n1. The number of rotatable bonds is 4. The Balaban J connectivity index is 3.01. The van der Waals surface area contributed by atoms with E-state index in [1.807, 2.05) is 0 Å². The van der Waals surface area contributed by atoms with E-state index in [1.165, 1.54) is 7.11 Å². The summed E-state index contributed by atoms with van der Waals surface area (Å²) in [6.07, 6.45) is 0. The van der Waals surface area contributed by atoms with Crippen LogP contribution in [0.25, 0.3) is 0 Å². The fourth-order valence-corrected chi connectivity index (χ4v) is 0.848. The molecule has 0 bridgehead atoms. The number of hydrogen-bond acceptors (Lipinski definition) is 7. The predicted molar refractivity (Wildman–Crippen MR) is 47.8 cm³/mol. The highest BCUT2D eigenvalue weighted by Crippen LogP contribution is 2.10. The van der Waals surface area contributed by atoms with Crippen LogP contribution in [0, 0.1) is 6.92 Å². The van der Waals surface area contributed by atoms with E-state index in [2.05, 4.69) is 15.0 Å². The molecule has 1 aromatic heterocycles. The van der Waals surface area contributed by atoms with Gasteiger partial charge in [-0.2, -0.15) is 15.0 Å². The van der Waals surface area contributed by atoms with Crippen LogP contribution in [-0.4, -0.2) is 45.7 Å². The summed E-state index contributed by atoms with van der Waals surface area (Å²) in [4.78, 5) is 12.8. The molecule has 1 rings (SSSR count). The van der Waals surface area contributed by atoms with Crippen LogP contribution in [0.5, 0.6) is 6.01 Å². The summed E-state index contributed by atoms with van der Waals surface area (Å²) in [5.41, 5.74) is 0. The third-order valence-electron chi connectivity index (χ3n) is 1.52. The molecule has 0 aliphatic heterocycles. The highest BCUT2D eigenvalue weighted by Gasteiger charge is 2.10. The van der Waals surface area contributed by atoms with E-state index in [9.17, 15) is 0 Å². The van der Waals surface area contributed by atoms with Gasteiger partial charge in [-0.3, -0.25) is 4.90 Å². The Hall–Kier alpha value is -1.47. The van der Waals surface area contributed by atoms with Crippen molar-refractivity contribution in [3.05, 3.63) is 5.82 Å².